The largest absolute Gasteiger partial charge is 0.328 e. The van der Waals surface area contributed by atoms with Crippen LogP contribution in [0.1, 0.15) is 31.2 Å². The quantitative estimate of drug-likeness (QED) is 0.845. The molecule has 1 saturated heterocycles. The summed E-state index contributed by atoms with van der Waals surface area (Å²) in [6, 6.07) is 11.3. The van der Waals surface area contributed by atoms with Crippen LogP contribution in [-0.2, 0) is 6.54 Å². The van der Waals surface area contributed by atoms with Gasteiger partial charge in [0.2, 0.25) is 0 Å². The van der Waals surface area contributed by atoms with Gasteiger partial charge in [0.15, 0.2) is 0 Å². The first-order chi connectivity index (χ1) is 8.26. The predicted molar refractivity (Wildman–Crippen MR) is 70.6 cm³/mol. The first-order valence-electron chi connectivity index (χ1n) is 6.78. The minimum atomic E-state index is 0.465. The zero-order valence-electron chi connectivity index (χ0n) is 10.4. The van der Waals surface area contributed by atoms with E-state index in [2.05, 4.69) is 35.2 Å². The minimum absolute atomic E-state index is 0.465. The van der Waals surface area contributed by atoms with Gasteiger partial charge in [-0.1, -0.05) is 30.3 Å². The molecule has 2 heteroatoms. The lowest BCUT2D eigenvalue weighted by Crippen LogP contribution is -2.26. The van der Waals surface area contributed by atoms with Crippen LogP contribution < -0.4 is 5.73 Å². The molecular formula is C15H22N2. The molecule has 2 atom stereocenters. The maximum Gasteiger partial charge on any atom is 0.0233 e. The first-order valence-corrected chi connectivity index (χ1v) is 6.78. The van der Waals surface area contributed by atoms with E-state index in [1.54, 1.807) is 0 Å². The van der Waals surface area contributed by atoms with Crippen LogP contribution in [0.15, 0.2) is 30.3 Å². The fraction of sp³-hybridized carbons (Fsp3) is 0.600. The second kappa shape index (κ2) is 4.43. The molecule has 0 unspecified atom stereocenters. The van der Waals surface area contributed by atoms with Gasteiger partial charge >= 0.3 is 0 Å². The van der Waals surface area contributed by atoms with E-state index in [-0.39, 0.29) is 0 Å². The lowest BCUT2D eigenvalue weighted by molar-refractivity contribution is 0.254. The van der Waals surface area contributed by atoms with Gasteiger partial charge in [-0.3, -0.25) is 4.90 Å². The van der Waals surface area contributed by atoms with E-state index in [0.717, 1.165) is 6.54 Å². The monoisotopic (exact) mass is 230 g/mol. The molecule has 1 heterocycles. The van der Waals surface area contributed by atoms with E-state index in [1.165, 1.54) is 44.3 Å². The molecule has 2 aliphatic rings. The van der Waals surface area contributed by atoms with E-state index in [0.29, 0.717) is 11.5 Å². The van der Waals surface area contributed by atoms with Gasteiger partial charge in [-0.05, 0) is 43.2 Å². The molecule has 1 spiro atoms. The SMILES string of the molecule is N[C@@H]1CC[C@@]2(CCN(Cc3ccccc3)C2)C1. The molecule has 2 N–H and O–H groups in total. The molecule has 0 amide bonds. The number of benzene rings is 1. The van der Waals surface area contributed by atoms with Crippen molar-refractivity contribution in [3.63, 3.8) is 0 Å². The van der Waals surface area contributed by atoms with E-state index < -0.39 is 0 Å². The Morgan fingerprint density at radius 1 is 1.24 bits per heavy atom. The van der Waals surface area contributed by atoms with Gasteiger partial charge in [-0.15, -0.1) is 0 Å². The number of nitrogens with two attached hydrogens (primary N) is 1. The maximum absolute atomic E-state index is 6.07. The summed E-state index contributed by atoms with van der Waals surface area (Å²) in [4.78, 5) is 2.60. The Balaban J connectivity index is 1.61. The highest BCUT2D eigenvalue weighted by molar-refractivity contribution is 5.15. The zero-order chi connectivity index (χ0) is 11.7. The van der Waals surface area contributed by atoms with Gasteiger partial charge < -0.3 is 5.73 Å². The van der Waals surface area contributed by atoms with Crippen molar-refractivity contribution >= 4 is 0 Å². The molecule has 1 aliphatic carbocycles. The molecule has 1 aromatic rings. The summed E-state index contributed by atoms with van der Waals surface area (Å²) >= 11 is 0. The van der Waals surface area contributed by atoms with Crippen LogP contribution in [0.5, 0.6) is 0 Å². The molecule has 2 nitrogen and oxygen atoms in total. The molecule has 17 heavy (non-hydrogen) atoms. The molecule has 0 aromatic heterocycles. The highest BCUT2D eigenvalue weighted by Gasteiger charge is 2.42. The zero-order valence-corrected chi connectivity index (χ0v) is 10.4. The lowest BCUT2D eigenvalue weighted by Gasteiger charge is -2.24. The Bertz CT molecular complexity index is 376. The summed E-state index contributed by atoms with van der Waals surface area (Å²) < 4.78 is 0. The topological polar surface area (TPSA) is 29.3 Å². The smallest absolute Gasteiger partial charge is 0.0233 e. The Morgan fingerprint density at radius 2 is 2.06 bits per heavy atom. The molecule has 1 aliphatic heterocycles. The number of hydrogen-bond acceptors (Lipinski definition) is 2. The van der Waals surface area contributed by atoms with Crippen molar-refractivity contribution in [1.29, 1.82) is 0 Å². The molecule has 3 rings (SSSR count). The Labute approximate surface area is 104 Å². The van der Waals surface area contributed by atoms with Gasteiger partial charge in [-0.25, -0.2) is 0 Å². The van der Waals surface area contributed by atoms with Gasteiger partial charge in [0.1, 0.15) is 0 Å². The van der Waals surface area contributed by atoms with E-state index in [4.69, 9.17) is 5.73 Å². The van der Waals surface area contributed by atoms with Crippen molar-refractivity contribution in [2.24, 2.45) is 11.1 Å². The van der Waals surface area contributed by atoms with Gasteiger partial charge in [0.25, 0.3) is 0 Å². The summed E-state index contributed by atoms with van der Waals surface area (Å²) in [7, 11) is 0. The Kier molecular flexibility index (Phi) is 2.93. The van der Waals surface area contributed by atoms with Crippen LogP contribution in [0, 0.1) is 5.41 Å². The molecule has 1 saturated carbocycles. The second-order valence-corrected chi connectivity index (χ2v) is 5.95. The Hall–Kier alpha value is -0.860. The lowest BCUT2D eigenvalue weighted by atomic mass is 9.85. The summed E-state index contributed by atoms with van der Waals surface area (Å²) in [5.41, 5.74) is 8.07. The summed E-state index contributed by atoms with van der Waals surface area (Å²) in [5.74, 6) is 0. The van der Waals surface area contributed by atoms with Crippen molar-refractivity contribution in [2.75, 3.05) is 13.1 Å². The number of likely N-dealkylation sites (tertiary alicyclic amines) is 1. The van der Waals surface area contributed by atoms with Crippen LogP contribution in [0.25, 0.3) is 0 Å². The molecule has 0 bridgehead atoms. The maximum atomic E-state index is 6.07. The van der Waals surface area contributed by atoms with Crippen molar-refractivity contribution in [2.45, 2.75) is 38.3 Å². The average Bonchev–Trinajstić information content (AvgIpc) is 2.88. The van der Waals surface area contributed by atoms with Crippen LogP contribution in [0.2, 0.25) is 0 Å². The second-order valence-electron chi connectivity index (χ2n) is 5.95. The van der Waals surface area contributed by atoms with Crippen molar-refractivity contribution in [1.82, 2.24) is 4.90 Å². The summed E-state index contributed by atoms with van der Waals surface area (Å²) in [6.45, 7) is 3.62. The van der Waals surface area contributed by atoms with E-state index in [1.807, 2.05) is 0 Å². The van der Waals surface area contributed by atoms with Crippen molar-refractivity contribution in [3.05, 3.63) is 35.9 Å². The van der Waals surface area contributed by atoms with Crippen LogP contribution in [-0.4, -0.2) is 24.0 Å². The van der Waals surface area contributed by atoms with Gasteiger partial charge in [0.05, 0.1) is 0 Å². The normalized spacial score (nSPS) is 33.6. The van der Waals surface area contributed by atoms with Crippen LogP contribution in [0.4, 0.5) is 0 Å². The average molecular weight is 230 g/mol. The standard InChI is InChI=1S/C15H22N2/c16-14-6-7-15(10-14)8-9-17(12-15)11-13-4-2-1-3-5-13/h1-5,14H,6-12,16H2/t14-,15-/m1/s1. The molecule has 2 fully saturated rings. The fourth-order valence-electron chi connectivity index (χ4n) is 3.63. The van der Waals surface area contributed by atoms with Crippen LogP contribution >= 0.6 is 0 Å². The molecule has 1 aromatic carbocycles. The fourth-order valence-corrected chi connectivity index (χ4v) is 3.63. The minimum Gasteiger partial charge on any atom is -0.328 e. The molecular weight excluding hydrogens is 208 g/mol. The van der Waals surface area contributed by atoms with E-state index >= 15 is 0 Å². The third kappa shape index (κ3) is 2.38. The van der Waals surface area contributed by atoms with Crippen molar-refractivity contribution < 1.29 is 0 Å². The summed E-state index contributed by atoms with van der Waals surface area (Å²) in [6.07, 6.45) is 5.18. The third-order valence-corrected chi connectivity index (χ3v) is 4.51. The molecule has 92 valence electrons. The highest BCUT2D eigenvalue weighted by atomic mass is 15.2. The number of nitrogens with zero attached hydrogens (tertiary/aromatic N) is 1. The number of hydrogen-bond donors (Lipinski definition) is 1. The van der Waals surface area contributed by atoms with E-state index in [9.17, 15) is 0 Å². The Morgan fingerprint density at radius 3 is 2.76 bits per heavy atom. The van der Waals surface area contributed by atoms with Crippen molar-refractivity contribution in [3.8, 4) is 0 Å². The van der Waals surface area contributed by atoms with Gasteiger partial charge in [-0.2, -0.15) is 0 Å². The predicted octanol–water partition coefficient (Wildman–Crippen LogP) is 2.39. The third-order valence-electron chi connectivity index (χ3n) is 4.51. The number of rotatable bonds is 2. The van der Waals surface area contributed by atoms with Gasteiger partial charge in [0, 0.05) is 19.1 Å². The summed E-state index contributed by atoms with van der Waals surface area (Å²) in [5, 5.41) is 0. The first kappa shape index (κ1) is 11.2. The van der Waals surface area contributed by atoms with Crippen LogP contribution in [0.3, 0.4) is 0 Å². The molecule has 0 radical (unpaired) electrons. The highest BCUT2D eigenvalue weighted by Crippen LogP contribution is 2.45.